The number of nitrogens with one attached hydrogen (secondary N) is 1. The van der Waals surface area contributed by atoms with E-state index < -0.39 is 5.41 Å². The molecule has 0 aliphatic carbocycles. The van der Waals surface area contributed by atoms with Gasteiger partial charge >= 0.3 is 0 Å². The van der Waals surface area contributed by atoms with Crippen LogP contribution in [0.4, 0.5) is 5.69 Å². The first-order chi connectivity index (χ1) is 10.9. The SMILES string of the molecule is CC(C)(C)C(=O)N1Cc2nnc(=O)c3cccc4c3c2C(C1)N4. The van der Waals surface area contributed by atoms with E-state index in [1.54, 1.807) is 11.0 Å². The number of amides is 1. The number of hydrogen-bond acceptors (Lipinski definition) is 5. The van der Waals surface area contributed by atoms with Gasteiger partial charge in [0.15, 0.2) is 0 Å². The predicted molar refractivity (Wildman–Crippen MR) is 87.0 cm³/mol. The summed E-state index contributed by atoms with van der Waals surface area (Å²) in [7, 11) is 0. The highest BCUT2D eigenvalue weighted by atomic mass is 16.2. The van der Waals surface area contributed by atoms with E-state index in [1.165, 1.54) is 0 Å². The number of anilines is 1. The minimum absolute atomic E-state index is 0.0361. The summed E-state index contributed by atoms with van der Waals surface area (Å²) >= 11 is 0. The zero-order chi connectivity index (χ0) is 16.4. The van der Waals surface area contributed by atoms with Crippen molar-refractivity contribution in [3.63, 3.8) is 0 Å². The van der Waals surface area contributed by atoms with Gasteiger partial charge < -0.3 is 10.2 Å². The van der Waals surface area contributed by atoms with Crippen LogP contribution in [0.15, 0.2) is 23.0 Å². The third-order valence-corrected chi connectivity index (χ3v) is 4.49. The van der Waals surface area contributed by atoms with Gasteiger partial charge in [0.25, 0.3) is 5.56 Å². The van der Waals surface area contributed by atoms with Gasteiger partial charge in [-0.1, -0.05) is 26.8 Å². The molecule has 1 aromatic heterocycles. The number of hydrogen-bond donors (Lipinski definition) is 1. The average molecular weight is 310 g/mol. The smallest absolute Gasteiger partial charge is 0.296 e. The molecule has 1 aromatic carbocycles. The molecule has 2 aliphatic heterocycles. The Labute approximate surface area is 133 Å². The molecule has 23 heavy (non-hydrogen) atoms. The first-order valence-electron chi connectivity index (χ1n) is 7.74. The number of nitrogens with zero attached hydrogens (tertiary/aromatic N) is 3. The second-order valence-corrected chi connectivity index (χ2v) is 7.23. The Kier molecular flexibility index (Phi) is 2.76. The van der Waals surface area contributed by atoms with Crippen LogP contribution in [-0.2, 0) is 11.3 Å². The van der Waals surface area contributed by atoms with Crippen molar-refractivity contribution in [3.05, 3.63) is 39.8 Å². The Morgan fingerprint density at radius 3 is 2.83 bits per heavy atom. The molecule has 0 saturated heterocycles. The Morgan fingerprint density at radius 1 is 1.30 bits per heavy atom. The highest BCUT2D eigenvalue weighted by Gasteiger charge is 2.38. The van der Waals surface area contributed by atoms with E-state index in [-0.39, 0.29) is 17.5 Å². The zero-order valence-electron chi connectivity index (χ0n) is 13.4. The highest BCUT2D eigenvalue weighted by molar-refractivity contribution is 5.99. The minimum atomic E-state index is -0.452. The van der Waals surface area contributed by atoms with Crippen LogP contribution < -0.4 is 10.9 Å². The molecule has 0 spiro atoms. The normalized spacial score (nSPS) is 18.9. The summed E-state index contributed by atoms with van der Waals surface area (Å²) in [5.74, 6) is 0.0767. The lowest BCUT2D eigenvalue weighted by atomic mass is 9.92. The fourth-order valence-corrected chi connectivity index (χ4v) is 3.48. The zero-order valence-corrected chi connectivity index (χ0v) is 13.4. The maximum absolute atomic E-state index is 12.6. The van der Waals surface area contributed by atoms with Crippen LogP contribution in [0.1, 0.15) is 38.1 Å². The molecule has 2 aliphatic rings. The van der Waals surface area contributed by atoms with Gasteiger partial charge in [0.2, 0.25) is 5.91 Å². The first-order valence-corrected chi connectivity index (χ1v) is 7.74. The second kappa shape index (κ2) is 4.50. The summed E-state index contributed by atoms with van der Waals surface area (Å²) < 4.78 is 0. The molecule has 1 atom stereocenters. The van der Waals surface area contributed by atoms with Crippen LogP contribution >= 0.6 is 0 Å². The number of carbonyl (C=O) groups excluding carboxylic acids is 1. The molecule has 1 amide bonds. The van der Waals surface area contributed by atoms with Crippen molar-refractivity contribution < 1.29 is 4.79 Å². The summed E-state index contributed by atoms with van der Waals surface area (Å²) in [6.45, 7) is 6.70. The van der Waals surface area contributed by atoms with Gasteiger partial charge in [-0.2, -0.15) is 0 Å². The molecule has 0 fully saturated rings. The molecule has 1 N–H and O–H groups in total. The van der Waals surface area contributed by atoms with Crippen molar-refractivity contribution in [1.82, 2.24) is 15.1 Å². The summed E-state index contributed by atoms with van der Waals surface area (Å²) in [5, 5.41) is 12.9. The Morgan fingerprint density at radius 2 is 2.09 bits per heavy atom. The summed E-state index contributed by atoms with van der Waals surface area (Å²) in [4.78, 5) is 26.6. The van der Waals surface area contributed by atoms with Crippen molar-refractivity contribution >= 4 is 22.4 Å². The van der Waals surface area contributed by atoms with E-state index in [0.717, 1.165) is 16.6 Å². The molecule has 0 saturated carbocycles. The van der Waals surface area contributed by atoms with E-state index in [9.17, 15) is 9.59 Å². The molecule has 118 valence electrons. The van der Waals surface area contributed by atoms with Crippen LogP contribution in [0, 0.1) is 5.41 Å². The summed E-state index contributed by atoms with van der Waals surface area (Å²) in [6, 6.07) is 5.55. The predicted octanol–water partition coefficient (Wildman–Crippen LogP) is 1.84. The van der Waals surface area contributed by atoms with Gasteiger partial charge in [0.05, 0.1) is 23.7 Å². The van der Waals surface area contributed by atoms with Crippen molar-refractivity contribution in [1.29, 1.82) is 0 Å². The molecular weight excluding hydrogens is 292 g/mol. The van der Waals surface area contributed by atoms with Crippen molar-refractivity contribution in [2.45, 2.75) is 33.4 Å². The topological polar surface area (TPSA) is 75.2 Å². The van der Waals surface area contributed by atoms with Gasteiger partial charge in [-0.3, -0.25) is 9.59 Å². The Bertz CT molecular complexity index is 901. The quantitative estimate of drug-likeness (QED) is 0.803. The molecular formula is C17H18N4O2. The van der Waals surface area contributed by atoms with E-state index in [4.69, 9.17) is 0 Å². The van der Waals surface area contributed by atoms with Crippen LogP contribution in [0.3, 0.4) is 0 Å². The van der Waals surface area contributed by atoms with Gasteiger partial charge in [0, 0.05) is 28.6 Å². The molecule has 0 radical (unpaired) electrons. The van der Waals surface area contributed by atoms with Gasteiger partial charge in [-0.25, -0.2) is 0 Å². The monoisotopic (exact) mass is 310 g/mol. The van der Waals surface area contributed by atoms with E-state index in [1.807, 2.05) is 32.9 Å². The lowest BCUT2D eigenvalue weighted by molar-refractivity contribution is -0.140. The fraction of sp³-hybridized carbons (Fsp3) is 0.412. The fourth-order valence-electron chi connectivity index (χ4n) is 3.48. The number of aromatic nitrogens is 2. The summed E-state index contributed by atoms with van der Waals surface area (Å²) in [5.41, 5.74) is 1.87. The lowest BCUT2D eigenvalue weighted by Crippen LogP contribution is -2.44. The first kappa shape index (κ1) is 14.1. The number of rotatable bonds is 0. The highest BCUT2D eigenvalue weighted by Crippen LogP contribution is 2.42. The average Bonchev–Trinajstić information content (AvgIpc) is 2.81. The molecule has 4 rings (SSSR count). The molecule has 0 bridgehead atoms. The summed E-state index contributed by atoms with van der Waals surface area (Å²) in [6.07, 6.45) is 0. The van der Waals surface area contributed by atoms with Crippen LogP contribution in [0.2, 0.25) is 0 Å². The van der Waals surface area contributed by atoms with E-state index in [2.05, 4.69) is 15.5 Å². The second-order valence-electron chi connectivity index (χ2n) is 7.23. The van der Waals surface area contributed by atoms with E-state index in [0.29, 0.717) is 24.2 Å². The number of benzene rings is 1. The van der Waals surface area contributed by atoms with Gasteiger partial charge in [0.1, 0.15) is 0 Å². The Balaban J connectivity index is 1.91. The van der Waals surface area contributed by atoms with Crippen LogP contribution in [0.25, 0.3) is 10.8 Å². The minimum Gasteiger partial charge on any atom is -0.376 e. The third-order valence-electron chi connectivity index (χ3n) is 4.49. The largest absolute Gasteiger partial charge is 0.376 e. The Hall–Kier alpha value is -2.50. The lowest BCUT2D eigenvalue weighted by Gasteiger charge is -2.35. The number of carbonyl (C=O) groups is 1. The van der Waals surface area contributed by atoms with Crippen molar-refractivity contribution in [2.24, 2.45) is 5.41 Å². The standard InChI is InChI=1S/C17H18N4O2/c1-17(2,3)16(23)21-7-11-14-12(8-21)19-20-15(22)9-5-4-6-10(18-11)13(9)14/h4-6,11,18H,7-8H2,1-3H3. The maximum Gasteiger partial charge on any atom is 0.296 e. The van der Waals surface area contributed by atoms with Gasteiger partial charge in [-0.05, 0) is 12.1 Å². The molecule has 1 unspecified atom stereocenters. The maximum atomic E-state index is 12.6. The molecule has 3 heterocycles. The van der Waals surface area contributed by atoms with E-state index >= 15 is 0 Å². The third kappa shape index (κ3) is 2.01. The van der Waals surface area contributed by atoms with Crippen LogP contribution in [-0.4, -0.2) is 27.5 Å². The van der Waals surface area contributed by atoms with Crippen molar-refractivity contribution in [3.8, 4) is 0 Å². The molecule has 2 aromatic rings. The van der Waals surface area contributed by atoms with Gasteiger partial charge in [-0.15, -0.1) is 10.2 Å². The van der Waals surface area contributed by atoms with Crippen LogP contribution in [0.5, 0.6) is 0 Å². The molecule has 6 nitrogen and oxygen atoms in total. The van der Waals surface area contributed by atoms with Crippen molar-refractivity contribution in [2.75, 3.05) is 11.9 Å². The molecule has 6 heteroatoms.